The zero-order chi connectivity index (χ0) is 11.1. The van der Waals surface area contributed by atoms with Crippen LogP contribution in [0.2, 0.25) is 0 Å². The van der Waals surface area contributed by atoms with Gasteiger partial charge in [-0.1, -0.05) is 12.1 Å². The molecule has 0 unspecified atom stereocenters. The molecule has 0 saturated heterocycles. The summed E-state index contributed by atoms with van der Waals surface area (Å²) in [5, 5.41) is 0. The molecule has 1 aliphatic rings. The molecule has 1 aliphatic heterocycles. The van der Waals surface area contributed by atoms with Gasteiger partial charge in [-0.15, -0.1) is 0 Å². The summed E-state index contributed by atoms with van der Waals surface area (Å²) in [6.07, 6.45) is 0.924. The van der Waals surface area contributed by atoms with Crippen LogP contribution in [0.4, 0.5) is 0 Å². The molecule has 4 nitrogen and oxygen atoms in total. The Labute approximate surface area is 89.2 Å². The first-order chi connectivity index (χ1) is 7.00. The van der Waals surface area contributed by atoms with Crippen molar-refractivity contribution < 1.29 is 8.42 Å². The van der Waals surface area contributed by atoms with Crippen molar-refractivity contribution >= 4 is 9.84 Å². The second-order valence-electron chi connectivity index (χ2n) is 3.82. The van der Waals surface area contributed by atoms with Gasteiger partial charge in [0.15, 0.2) is 9.84 Å². The Morgan fingerprint density at radius 1 is 1.27 bits per heavy atom. The average molecular weight is 226 g/mol. The number of nitrogens with two attached hydrogens (primary N) is 2. The van der Waals surface area contributed by atoms with Crippen LogP contribution in [-0.2, 0) is 16.3 Å². The van der Waals surface area contributed by atoms with E-state index in [4.69, 9.17) is 11.5 Å². The summed E-state index contributed by atoms with van der Waals surface area (Å²) in [4.78, 5) is 0.443. The van der Waals surface area contributed by atoms with E-state index in [2.05, 4.69) is 0 Å². The Bertz CT molecular complexity index is 480. The summed E-state index contributed by atoms with van der Waals surface area (Å²) in [5.74, 6) is 0.244. The molecule has 4 N–H and O–H groups in total. The van der Waals surface area contributed by atoms with Crippen LogP contribution < -0.4 is 11.5 Å². The van der Waals surface area contributed by atoms with Gasteiger partial charge in [0.2, 0.25) is 0 Å². The van der Waals surface area contributed by atoms with E-state index in [0.717, 1.165) is 17.5 Å². The number of sulfone groups is 1. The molecule has 0 radical (unpaired) electrons. The molecule has 5 heteroatoms. The van der Waals surface area contributed by atoms with Crippen LogP contribution in [-0.4, -0.2) is 14.2 Å². The van der Waals surface area contributed by atoms with Crippen LogP contribution in [0.1, 0.15) is 23.7 Å². The second-order valence-corrected chi connectivity index (χ2v) is 5.89. The van der Waals surface area contributed by atoms with E-state index in [1.54, 1.807) is 18.2 Å². The van der Waals surface area contributed by atoms with Crippen LogP contribution in [0.25, 0.3) is 0 Å². The summed E-state index contributed by atoms with van der Waals surface area (Å²) >= 11 is 0. The highest BCUT2D eigenvalue weighted by atomic mass is 32.2. The maximum Gasteiger partial charge on any atom is 0.178 e. The van der Waals surface area contributed by atoms with E-state index < -0.39 is 16.0 Å². The zero-order valence-corrected chi connectivity index (χ0v) is 9.13. The fourth-order valence-corrected chi connectivity index (χ4v) is 3.45. The predicted octanol–water partition coefficient (Wildman–Crippen LogP) is 0.323. The van der Waals surface area contributed by atoms with Gasteiger partial charge in [-0.25, -0.2) is 8.42 Å². The van der Waals surface area contributed by atoms with Crippen molar-refractivity contribution in [3.05, 3.63) is 29.3 Å². The first-order valence-electron chi connectivity index (χ1n) is 4.87. The first kappa shape index (κ1) is 10.6. The molecule has 82 valence electrons. The number of fused-ring (bicyclic) bond motifs is 1. The van der Waals surface area contributed by atoms with E-state index in [9.17, 15) is 8.42 Å². The highest BCUT2D eigenvalue weighted by molar-refractivity contribution is 7.91. The number of rotatable bonds is 1. The lowest BCUT2D eigenvalue weighted by molar-refractivity contribution is 0.586. The third-order valence-corrected chi connectivity index (χ3v) is 4.56. The normalized spacial score (nSPS) is 18.9. The minimum Gasteiger partial charge on any atom is -0.312 e. The molecule has 0 atom stereocenters. The third-order valence-electron chi connectivity index (χ3n) is 2.66. The lowest BCUT2D eigenvalue weighted by atomic mass is 10.1. The van der Waals surface area contributed by atoms with Crippen LogP contribution >= 0.6 is 0 Å². The second kappa shape index (κ2) is 3.59. The molecular formula is C10H14N2O2S. The van der Waals surface area contributed by atoms with Gasteiger partial charge in [0.05, 0.1) is 16.8 Å². The maximum atomic E-state index is 11.7. The Balaban J connectivity index is 2.55. The van der Waals surface area contributed by atoms with Gasteiger partial charge in [0.25, 0.3) is 0 Å². The number of aryl methyl sites for hydroxylation is 1. The van der Waals surface area contributed by atoms with Gasteiger partial charge in [0, 0.05) is 0 Å². The van der Waals surface area contributed by atoms with E-state index in [0.29, 0.717) is 11.3 Å². The molecule has 0 bridgehead atoms. The topological polar surface area (TPSA) is 86.2 Å². The largest absolute Gasteiger partial charge is 0.312 e. The van der Waals surface area contributed by atoms with Crippen LogP contribution in [0.15, 0.2) is 23.1 Å². The SMILES string of the molecule is NC(N)c1ccc2c(c1)CCCS2(=O)=O. The molecule has 0 spiro atoms. The molecule has 0 amide bonds. The van der Waals surface area contributed by atoms with Crippen molar-refractivity contribution in [1.82, 2.24) is 0 Å². The zero-order valence-electron chi connectivity index (χ0n) is 8.31. The lowest BCUT2D eigenvalue weighted by Gasteiger charge is -2.17. The van der Waals surface area contributed by atoms with E-state index >= 15 is 0 Å². The monoisotopic (exact) mass is 226 g/mol. The molecule has 1 aromatic rings. The van der Waals surface area contributed by atoms with Crippen molar-refractivity contribution in [1.29, 1.82) is 0 Å². The van der Waals surface area contributed by atoms with Gasteiger partial charge in [-0.2, -0.15) is 0 Å². The van der Waals surface area contributed by atoms with Gasteiger partial charge >= 0.3 is 0 Å². The molecular weight excluding hydrogens is 212 g/mol. The summed E-state index contributed by atoms with van der Waals surface area (Å²) < 4.78 is 23.4. The Hall–Kier alpha value is -0.910. The van der Waals surface area contributed by atoms with Crippen molar-refractivity contribution in [2.24, 2.45) is 11.5 Å². The Morgan fingerprint density at radius 3 is 2.67 bits per heavy atom. The molecule has 2 rings (SSSR count). The van der Waals surface area contributed by atoms with Crippen molar-refractivity contribution in [3.63, 3.8) is 0 Å². The molecule has 1 heterocycles. The van der Waals surface area contributed by atoms with Crippen molar-refractivity contribution in [3.8, 4) is 0 Å². The molecule has 0 fully saturated rings. The first-order valence-corrected chi connectivity index (χ1v) is 6.53. The Morgan fingerprint density at radius 2 is 2.00 bits per heavy atom. The smallest absolute Gasteiger partial charge is 0.178 e. The van der Waals surface area contributed by atoms with Crippen LogP contribution in [0.3, 0.4) is 0 Å². The molecule has 1 aromatic carbocycles. The minimum atomic E-state index is -3.07. The summed E-state index contributed by atoms with van der Waals surface area (Å²) in [6.45, 7) is 0. The highest BCUT2D eigenvalue weighted by Gasteiger charge is 2.23. The van der Waals surface area contributed by atoms with Gasteiger partial charge < -0.3 is 11.5 Å². The van der Waals surface area contributed by atoms with Gasteiger partial charge in [0.1, 0.15) is 0 Å². The van der Waals surface area contributed by atoms with E-state index in [-0.39, 0.29) is 5.75 Å². The number of hydrogen-bond donors (Lipinski definition) is 2. The quantitative estimate of drug-likeness (QED) is 0.675. The lowest BCUT2D eigenvalue weighted by Crippen LogP contribution is -2.22. The summed E-state index contributed by atoms with van der Waals surface area (Å²) in [7, 11) is -3.07. The highest BCUT2D eigenvalue weighted by Crippen LogP contribution is 2.26. The van der Waals surface area contributed by atoms with E-state index in [1.807, 2.05) is 0 Å². The summed E-state index contributed by atoms with van der Waals surface area (Å²) in [6, 6.07) is 5.11. The maximum absolute atomic E-state index is 11.7. The van der Waals surface area contributed by atoms with Gasteiger partial charge in [-0.3, -0.25) is 0 Å². The molecule has 0 aliphatic carbocycles. The Kier molecular flexibility index (Phi) is 2.54. The fraction of sp³-hybridized carbons (Fsp3) is 0.400. The predicted molar refractivity (Wildman–Crippen MR) is 57.9 cm³/mol. The van der Waals surface area contributed by atoms with Gasteiger partial charge in [-0.05, 0) is 30.0 Å². The van der Waals surface area contributed by atoms with Crippen molar-refractivity contribution in [2.75, 3.05) is 5.75 Å². The minimum absolute atomic E-state index is 0.244. The van der Waals surface area contributed by atoms with Crippen LogP contribution in [0.5, 0.6) is 0 Å². The van der Waals surface area contributed by atoms with E-state index in [1.165, 1.54) is 0 Å². The standard InChI is InChI=1S/C10H14N2O2S/c11-10(12)8-3-4-9-7(6-8)2-1-5-15(9,13)14/h3-4,6,10H,1-2,5,11-12H2. The molecule has 0 aromatic heterocycles. The average Bonchev–Trinajstić information content (AvgIpc) is 2.16. The number of benzene rings is 1. The molecule has 0 saturated carbocycles. The third kappa shape index (κ3) is 1.90. The molecule has 15 heavy (non-hydrogen) atoms. The summed E-state index contributed by atoms with van der Waals surface area (Å²) in [5.41, 5.74) is 12.7. The number of hydrogen-bond acceptors (Lipinski definition) is 4. The van der Waals surface area contributed by atoms with Crippen LogP contribution in [0, 0.1) is 0 Å². The fourth-order valence-electron chi connectivity index (χ4n) is 1.87. The van der Waals surface area contributed by atoms with Crippen molar-refractivity contribution in [2.45, 2.75) is 23.9 Å².